The van der Waals surface area contributed by atoms with Gasteiger partial charge in [0.15, 0.2) is 11.9 Å². The van der Waals surface area contributed by atoms with Gasteiger partial charge in [-0.05, 0) is 62.3 Å². The minimum Gasteiger partial charge on any atom is -0.300 e. The van der Waals surface area contributed by atoms with Crippen molar-refractivity contribution in [2.24, 2.45) is 0 Å². The third-order valence-electron chi connectivity index (χ3n) is 2.61. The Balaban J connectivity index is 2.19. The summed E-state index contributed by atoms with van der Waals surface area (Å²) in [6, 6.07) is 8.55. The van der Waals surface area contributed by atoms with Crippen molar-refractivity contribution < 1.29 is 13.4 Å². The van der Waals surface area contributed by atoms with Gasteiger partial charge in [-0.25, -0.2) is 4.39 Å². The number of ketones is 1. The molecule has 1 heterocycles. The molecule has 6 heteroatoms. The van der Waals surface area contributed by atoms with Crippen LogP contribution in [0.2, 0.25) is 0 Å². The van der Waals surface area contributed by atoms with Gasteiger partial charge in [0.2, 0.25) is 0 Å². The molecule has 3 nitrogen and oxygen atoms in total. The molecule has 2 rings (SSSR count). The molecule has 0 amide bonds. The highest BCUT2D eigenvalue weighted by atomic mass is 32.2. The Bertz CT molecular complexity index is 616. The molecule has 0 aliphatic heterocycles. The highest BCUT2D eigenvalue weighted by Crippen LogP contribution is 2.26. The van der Waals surface area contributed by atoms with Gasteiger partial charge in [0.05, 0.1) is 0 Å². The average Bonchev–Trinajstić information content (AvgIpc) is 2.52. The van der Waals surface area contributed by atoms with E-state index in [0.717, 1.165) is 12.0 Å². The zero-order valence-corrected chi connectivity index (χ0v) is 11.3. The van der Waals surface area contributed by atoms with Gasteiger partial charge in [-0.15, -0.1) is 0 Å². The number of halogens is 1. The van der Waals surface area contributed by atoms with E-state index in [1.165, 1.54) is 24.3 Å². The van der Waals surface area contributed by atoms with E-state index >= 15 is 0 Å². The maximum absolute atomic E-state index is 13.0. The normalized spacial score (nSPS) is 13.2. The summed E-state index contributed by atoms with van der Waals surface area (Å²) in [5.74, 6) is -0.733. The summed E-state index contributed by atoms with van der Waals surface area (Å²) >= 11 is 0.900. The van der Waals surface area contributed by atoms with Crippen LogP contribution in [0.4, 0.5) is 4.39 Å². The Labute approximate surface area is 124 Å². The minimum atomic E-state index is -1.04. The predicted octanol–water partition coefficient (Wildman–Crippen LogP) is 2.40. The Hall–Kier alpha value is -1.66. The van der Waals surface area contributed by atoms with Gasteiger partial charge in [-0.1, -0.05) is 0 Å². The van der Waals surface area contributed by atoms with Crippen molar-refractivity contribution in [1.29, 1.82) is 2.67 Å². The van der Waals surface area contributed by atoms with Crippen LogP contribution in [0.1, 0.15) is 22.0 Å². The van der Waals surface area contributed by atoms with Gasteiger partial charge in [0.1, 0.15) is 13.6 Å². The monoisotopic (exact) mass is 292 g/mol. The molecule has 0 N–H and O–H groups in total. The Kier molecular flexibility index (Phi) is 4.37. The first-order valence-electron chi connectivity index (χ1n) is 7.06. The Morgan fingerprint density at radius 1 is 1.45 bits per heavy atom. The van der Waals surface area contributed by atoms with Crippen molar-refractivity contribution in [3.63, 3.8) is 0 Å². The van der Waals surface area contributed by atoms with Crippen LogP contribution in [-0.2, 0) is 4.18 Å². The number of hydrogen-bond donors (Lipinski definition) is 0. The third kappa shape index (κ3) is 3.68. The van der Waals surface area contributed by atoms with Crippen LogP contribution in [0.15, 0.2) is 48.8 Å². The number of rotatable bonds is 7. The van der Waals surface area contributed by atoms with E-state index in [-0.39, 0.29) is 11.4 Å². The molecule has 0 aliphatic rings. The maximum atomic E-state index is 13.0. The summed E-state index contributed by atoms with van der Waals surface area (Å²) in [5.41, 5.74) is 1.07. The number of carbonyl (C=O) groups excluding carboxylic acids is 1. The molecule has 0 radical (unpaired) electrons. The molecule has 0 saturated heterocycles. The summed E-state index contributed by atoms with van der Waals surface area (Å²) in [5, 5.41) is 0. The molecule has 0 saturated carbocycles. The van der Waals surface area contributed by atoms with Crippen molar-refractivity contribution in [3.8, 4) is 0 Å². The molecule has 0 spiro atoms. The first-order chi connectivity index (χ1) is 10.6. The van der Waals surface area contributed by atoms with Crippen LogP contribution in [0.3, 0.4) is 0 Å². The zero-order valence-electron chi connectivity index (χ0n) is 12.5. The van der Waals surface area contributed by atoms with Crippen molar-refractivity contribution in [2.45, 2.75) is 6.10 Å². The fourth-order valence-electron chi connectivity index (χ4n) is 1.66. The van der Waals surface area contributed by atoms with Gasteiger partial charge in [-0.3, -0.25) is 14.0 Å². The van der Waals surface area contributed by atoms with Gasteiger partial charge in [0.25, 0.3) is 0 Å². The van der Waals surface area contributed by atoms with Crippen LogP contribution < -0.4 is 0 Å². The lowest BCUT2D eigenvalue weighted by Gasteiger charge is -2.15. The molecule has 1 unspecified atom stereocenters. The summed E-state index contributed by atoms with van der Waals surface area (Å²) in [4.78, 5) is 16.5. The molecule has 20 heavy (non-hydrogen) atoms. The summed E-state index contributed by atoms with van der Waals surface area (Å²) in [6.45, 7) is 0. The number of benzene rings is 1. The van der Waals surface area contributed by atoms with E-state index in [4.69, 9.17) is 6.85 Å². The zero-order chi connectivity index (χ0) is 15.9. The minimum absolute atomic E-state index is 0.123. The number of carbonyl (C=O) groups is 1. The first kappa shape index (κ1) is 12.1. The highest BCUT2D eigenvalue weighted by Gasteiger charge is 2.23. The molecule has 1 aromatic carbocycles. The van der Waals surface area contributed by atoms with Crippen LogP contribution >= 0.6 is 12.0 Å². The number of pyridine rings is 1. The molecule has 102 valence electrons. The Morgan fingerprint density at radius 3 is 2.80 bits per heavy atom. The van der Waals surface area contributed by atoms with Crippen LogP contribution in [-0.4, -0.2) is 26.9 Å². The second kappa shape index (κ2) is 7.21. The third-order valence-corrected chi connectivity index (χ3v) is 3.07. The van der Waals surface area contributed by atoms with Gasteiger partial charge in [0, 0.05) is 18.0 Å². The van der Waals surface area contributed by atoms with Crippen LogP contribution in [0.25, 0.3) is 0 Å². The number of Topliss-reactive ketones (excluding diaryl/α,β-unsaturated/α-hetero) is 1. The lowest BCUT2D eigenvalue weighted by Crippen LogP contribution is -2.14. The smallest absolute Gasteiger partial charge is 0.197 e. The van der Waals surface area contributed by atoms with Crippen molar-refractivity contribution in [1.82, 2.24) is 4.98 Å². The molecule has 2 aromatic rings. The van der Waals surface area contributed by atoms with Gasteiger partial charge in [-0.2, -0.15) is 0 Å². The maximum Gasteiger partial charge on any atom is 0.197 e. The molecule has 0 fully saturated rings. The van der Waals surface area contributed by atoms with Crippen LogP contribution in [0.5, 0.6) is 0 Å². The number of hydrogen-bond acceptors (Lipinski definition) is 4. The average molecular weight is 292 g/mol. The quantitative estimate of drug-likeness (QED) is 0.446. The molecule has 0 aliphatic carbocycles. The number of nitrogens with zero attached hydrogens (tertiary/aromatic N) is 1. The second-order valence-corrected chi connectivity index (χ2v) is 4.67. The van der Waals surface area contributed by atoms with Gasteiger partial charge >= 0.3 is 0 Å². The molecular formula is C14H13BFNO2S. The summed E-state index contributed by atoms with van der Waals surface area (Å²) in [7, 11) is -1.04. The van der Waals surface area contributed by atoms with E-state index in [1.54, 1.807) is 24.5 Å². The Morgan fingerprint density at radius 2 is 2.15 bits per heavy atom. The standard InChI is InChI=1S/C14H13BFNO2S/c15-9-20-19-14(11-5-7-17-8-6-11)13(18)10-1-3-12(16)4-2-10/h1-8,14H,9,15H2/i15TD. The summed E-state index contributed by atoms with van der Waals surface area (Å²) in [6.07, 6.45) is 2.20. The fraction of sp³-hybridized carbons (Fsp3) is 0.143. The largest absolute Gasteiger partial charge is 0.300 e. The second-order valence-electron chi connectivity index (χ2n) is 3.91. The van der Waals surface area contributed by atoms with E-state index in [9.17, 15) is 9.18 Å². The van der Waals surface area contributed by atoms with E-state index in [2.05, 4.69) is 4.98 Å². The number of aromatic nitrogens is 1. The van der Waals surface area contributed by atoms with Gasteiger partial charge < -0.3 is 0 Å². The van der Waals surface area contributed by atoms with Crippen molar-refractivity contribution in [3.05, 3.63) is 65.7 Å². The topological polar surface area (TPSA) is 39.2 Å². The van der Waals surface area contributed by atoms with Crippen molar-refractivity contribution in [2.75, 3.05) is 5.65 Å². The highest BCUT2D eigenvalue weighted by molar-refractivity contribution is 7.95. The lowest BCUT2D eigenvalue weighted by atomic mass is 10.0. The molecular weight excluding hydrogens is 276 g/mol. The molecule has 1 atom stereocenters. The lowest BCUT2D eigenvalue weighted by molar-refractivity contribution is 0.0825. The van der Waals surface area contributed by atoms with E-state index in [0.29, 0.717) is 11.1 Å². The SMILES string of the molecule is [2H]B([3H])CSOC(C(=O)c1ccc(F)cc1)c1ccncc1. The first-order valence-corrected chi connectivity index (χ1v) is 6.81. The molecule has 1 aromatic heterocycles. The summed E-state index contributed by atoms with van der Waals surface area (Å²) < 4.78 is 32.8. The van der Waals surface area contributed by atoms with Crippen molar-refractivity contribution >= 4 is 25.6 Å². The molecule has 0 bridgehead atoms. The van der Waals surface area contributed by atoms with E-state index in [1.807, 2.05) is 0 Å². The predicted molar refractivity (Wildman–Crippen MR) is 79.8 cm³/mol. The fourth-order valence-corrected chi connectivity index (χ4v) is 2.07. The van der Waals surface area contributed by atoms with Crippen LogP contribution in [0, 0.1) is 5.82 Å². The van der Waals surface area contributed by atoms with E-state index < -0.39 is 19.7 Å².